The molecule has 1 aromatic carbocycles. The van der Waals surface area contributed by atoms with E-state index in [-0.39, 0.29) is 0 Å². The molecule has 18 heavy (non-hydrogen) atoms. The number of nitrogens with two attached hydrogens (primary N) is 1. The molecule has 1 aromatic heterocycles. The zero-order valence-corrected chi connectivity index (χ0v) is 11.3. The molecule has 0 amide bonds. The van der Waals surface area contributed by atoms with Crippen molar-refractivity contribution in [2.45, 2.75) is 6.92 Å². The number of halogens is 1. The lowest BCUT2D eigenvalue weighted by Gasteiger charge is -2.06. The Morgan fingerprint density at radius 3 is 2.78 bits per heavy atom. The molecular weight excluding hydrogens is 270 g/mol. The number of esters is 1. The molecule has 0 aliphatic rings. The van der Waals surface area contributed by atoms with E-state index in [0.717, 1.165) is 11.1 Å². The summed E-state index contributed by atoms with van der Waals surface area (Å²) in [6, 6.07) is 7.34. The minimum atomic E-state index is -0.411. The molecular formula is C13H12ClNO2S. The lowest BCUT2D eigenvalue weighted by Crippen LogP contribution is -2.07. The summed E-state index contributed by atoms with van der Waals surface area (Å²) in [5.41, 5.74) is 7.74. The minimum Gasteiger partial charge on any atom is -0.462 e. The van der Waals surface area contributed by atoms with E-state index in [1.165, 1.54) is 11.3 Å². The van der Waals surface area contributed by atoms with Gasteiger partial charge in [-0.1, -0.05) is 29.8 Å². The van der Waals surface area contributed by atoms with Crippen molar-refractivity contribution in [3.63, 3.8) is 0 Å². The number of carbonyl (C=O) groups excluding carboxylic acids is 1. The van der Waals surface area contributed by atoms with E-state index in [0.29, 0.717) is 22.2 Å². The van der Waals surface area contributed by atoms with E-state index in [9.17, 15) is 4.79 Å². The summed E-state index contributed by atoms with van der Waals surface area (Å²) in [6.07, 6.45) is 0. The van der Waals surface area contributed by atoms with Crippen LogP contribution in [0.5, 0.6) is 0 Å². The number of benzene rings is 1. The first-order chi connectivity index (χ1) is 8.65. The Labute approximate surface area is 114 Å². The molecule has 3 nitrogen and oxygen atoms in total. The number of hydrogen-bond donors (Lipinski definition) is 1. The van der Waals surface area contributed by atoms with Gasteiger partial charge in [0.1, 0.15) is 10.6 Å². The van der Waals surface area contributed by atoms with Gasteiger partial charge in [-0.2, -0.15) is 0 Å². The fourth-order valence-electron chi connectivity index (χ4n) is 1.66. The van der Waals surface area contributed by atoms with Gasteiger partial charge in [0.25, 0.3) is 0 Å². The zero-order valence-electron chi connectivity index (χ0n) is 9.77. The molecule has 0 aliphatic carbocycles. The average Bonchev–Trinajstić information content (AvgIpc) is 2.72. The zero-order chi connectivity index (χ0) is 13.1. The predicted molar refractivity (Wildman–Crippen MR) is 75.1 cm³/mol. The third-order valence-corrected chi connectivity index (χ3v) is 3.60. The van der Waals surface area contributed by atoms with E-state index in [4.69, 9.17) is 22.1 Å². The van der Waals surface area contributed by atoms with Gasteiger partial charge in [0, 0.05) is 21.5 Å². The Balaban J connectivity index is 2.53. The second-order valence-corrected chi connectivity index (χ2v) is 4.91. The van der Waals surface area contributed by atoms with Crippen LogP contribution in [-0.2, 0) is 4.74 Å². The summed E-state index contributed by atoms with van der Waals surface area (Å²) in [6.45, 7) is 2.08. The highest BCUT2D eigenvalue weighted by Gasteiger charge is 2.20. The molecule has 0 atom stereocenters. The SMILES string of the molecule is CCOC(=O)c1c(-c2ccccc2Cl)csc1N. The quantitative estimate of drug-likeness (QED) is 0.870. The van der Waals surface area contributed by atoms with E-state index in [1.54, 1.807) is 13.0 Å². The Morgan fingerprint density at radius 2 is 2.11 bits per heavy atom. The third kappa shape index (κ3) is 2.35. The van der Waals surface area contributed by atoms with Gasteiger partial charge in [-0.3, -0.25) is 0 Å². The minimum absolute atomic E-state index is 0.316. The van der Waals surface area contributed by atoms with Crippen molar-refractivity contribution in [2.75, 3.05) is 12.3 Å². The maximum atomic E-state index is 11.9. The second kappa shape index (κ2) is 5.42. The third-order valence-electron chi connectivity index (χ3n) is 2.46. The fraction of sp³-hybridized carbons (Fsp3) is 0.154. The van der Waals surface area contributed by atoms with Crippen LogP contribution in [0.1, 0.15) is 17.3 Å². The lowest BCUT2D eigenvalue weighted by atomic mass is 10.0. The van der Waals surface area contributed by atoms with Crippen molar-refractivity contribution in [1.82, 2.24) is 0 Å². The lowest BCUT2D eigenvalue weighted by molar-refractivity contribution is 0.0529. The molecule has 0 bridgehead atoms. The van der Waals surface area contributed by atoms with Crippen LogP contribution in [0.3, 0.4) is 0 Å². The van der Waals surface area contributed by atoms with Crippen molar-refractivity contribution < 1.29 is 9.53 Å². The Hall–Kier alpha value is -1.52. The number of rotatable bonds is 3. The molecule has 0 unspecified atom stereocenters. The normalized spacial score (nSPS) is 10.3. The standard InChI is InChI=1S/C13H12ClNO2S/c1-2-17-13(16)11-9(7-18-12(11)15)8-5-3-4-6-10(8)14/h3-7H,2,15H2,1H3. The monoisotopic (exact) mass is 281 g/mol. The molecule has 5 heteroatoms. The van der Waals surface area contributed by atoms with Gasteiger partial charge in [-0.15, -0.1) is 11.3 Å². The van der Waals surface area contributed by atoms with Gasteiger partial charge >= 0.3 is 5.97 Å². The van der Waals surface area contributed by atoms with Crippen LogP contribution in [0.25, 0.3) is 11.1 Å². The Bertz CT molecular complexity index is 580. The van der Waals surface area contributed by atoms with Crippen molar-refractivity contribution >= 4 is 33.9 Å². The molecule has 0 aliphatic heterocycles. The first-order valence-electron chi connectivity index (χ1n) is 5.44. The van der Waals surface area contributed by atoms with Crippen LogP contribution in [0.15, 0.2) is 29.6 Å². The number of hydrogen-bond acceptors (Lipinski definition) is 4. The highest BCUT2D eigenvalue weighted by atomic mass is 35.5. The Morgan fingerprint density at radius 1 is 1.39 bits per heavy atom. The molecule has 2 rings (SSSR count). The fourth-order valence-corrected chi connectivity index (χ4v) is 2.70. The second-order valence-electron chi connectivity index (χ2n) is 3.59. The van der Waals surface area contributed by atoms with Crippen molar-refractivity contribution in [2.24, 2.45) is 0 Å². The summed E-state index contributed by atoms with van der Waals surface area (Å²) >= 11 is 7.44. The topological polar surface area (TPSA) is 52.3 Å². The van der Waals surface area contributed by atoms with Gasteiger partial charge in [-0.05, 0) is 13.0 Å². The van der Waals surface area contributed by atoms with Gasteiger partial charge in [0.15, 0.2) is 0 Å². The largest absolute Gasteiger partial charge is 0.462 e. The van der Waals surface area contributed by atoms with Crippen LogP contribution < -0.4 is 5.73 Å². The van der Waals surface area contributed by atoms with E-state index < -0.39 is 5.97 Å². The number of anilines is 1. The number of ether oxygens (including phenoxy) is 1. The molecule has 2 N–H and O–H groups in total. The highest BCUT2D eigenvalue weighted by molar-refractivity contribution is 7.15. The predicted octanol–water partition coefficient (Wildman–Crippen LogP) is 3.83. The van der Waals surface area contributed by atoms with Crippen LogP contribution in [0.2, 0.25) is 5.02 Å². The summed E-state index contributed by atoms with van der Waals surface area (Å²) in [5, 5.41) is 2.85. The maximum Gasteiger partial charge on any atom is 0.341 e. The molecule has 94 valence electrons. The van der Waals surface area contributed by atoms with Crippen LogP contribution in [0, 0.1) is 0 Å². The Kier molecular flexibility index (Phi) is 3.89. The molecule has 0 radical (unpaired) electrons. The first kappa shape index (κ1) is 12.9. The smallest absolute Gasteiger partial charge is 0.341 e. The number of carbonyl (C=O) groups is 1. The van der Waals surface area contributed by atoms with Gasteiger partial charge in [0.2, 0.25) is 0 Å². The average molecular weight is 282 g/mol. The van der Waals surface area contributed by atoms with Crippen molar-refractivity contribution in [3.05, 3.63) is 40.2 Å². The molecule has 0 spiro atoms. The number of thiophene rings is 1. The van der Waals surface area contributed by atoms with Crippen LogP contribution >= 0.6 is 22.9 Å². The van der Waals surface area contributed by atoms with Crippen molar-refractivity contribution in [1.29, 1.82) is 0 Å². The summed E-state index contributed by atoms with van der Waals surface area (Å²) < 4.78 is 5.01. The van der Waals surface area contributed by atoms with E-state index in [1.807, 2.05) is 23.6 Å². The molecule has 0 saturated carbocycles. The molecule has 1 heterocycles. The molecule has 0 fully saturated rings. The van der Waals surface area contributed by atoms with Crippen molar-refractivity contribution in [3.8, 4) is 11.1 Å². The molecule has 2 aromatic rings. The van der Waals surface area contributed by atoms with Gasteiger partial charge < -0.3 is 10.5 Å². The first-order valence-corrected chi connectivity index (χ1v) is 6.70. The maximum absolute atomic E-state index is 11.9. The summed E-state index contributed by atoms with van der Waals surface area (Å²) in [4.78, 5) is 11.9. The number of nitrogen functional groups attached to an aromatic ring is 1. The van der Waals surface area contributed by atoms with Crippen LogP contribution in [-0.4, -0.2) is 12.6 Å². The summed E-state index contributed by atoms with van der Waals surface area (Å²) in [7, 11) is 0. The molecule has 0 saturated heterocycles. The van der Waals surface area contributed by atoms with Gasteiger partial charge in [-0.25, -0.2) is 4.79 Å². The van der Waals surface area contributed by atoms with E-state index >= 15 is 0 Å². The highest BCUT2D eigenvalue weighted by Crippen LogP contribution is 2.37. The van der Waals surface area contributed by atoms with Crippen LogP contribution in [0.4, 0.5) is 5.00 Å². The van der Waals surface area contributed by atoms with E-state index in [2.05, 4.69) is 0 Å². The summed E-state index contributed by atoms with van der Waals surface area (Å²) in [5.74, 6) is -0.411. The van der Waals surface area contributed by atoms with Gasteiger partial charge in [0.05, 0.1) is 6.61 Å².